The Morgan fingerprint density at radius 1 is 1.56 bits per heavy atom. The maximum atomic E-state index is 11.0. The minimum atomic E-state index is -0.327. The zero-order chi connectivity index (χ0) is 11.8. The third-order valence-corrected chi connectivity index (χ3v) is 1.76. The lowest BCUT2D eigenvalue weighted by Crippen LogP contribution is -2.29. The first-order chi connectivity index (χ1) is 7.76. The molecule has 1 aromatic carbocycles. The lowest BCUT2D eigenvalue weighted by atomic mass is 10.2. The van der Waals surface area contributed by atoms with Gasteiger partial charge in [-0.25, -0.2) is 5.43 Å². The summed E-state index contributed by atoms with van der Waals surface area (Å²) in [4.78, 5) is 11.0. The van der Waals surface area contributed by atoms with Crippen molar-refractivity contribution in [2.45, 2.75) is 6.92 Å². The van der Waals surface area contributed by atoms with Gasteiger partial charge in [-0.2, -0.15) is 5.26 Å². The molecule has 0 aromatic heterocycles. The van der Waals surface area contributed by atoms with Crippen molar-refractivity contribution < 1.29 is 9.53 Å². The molecule has 0 bridgehead atoms. The fourth-order valence-electron chi connectivity index (χ4n) is 1.10. The van der Waals surface area contributed by atoms with Crippen molar-refractivity contribution in [1.29, 1.82) is 5.26 Å². The fraction of sp³-hybridized carbons (Fsp3) is 0.273. The Labute approximate surface area is 94.0 Å². The zero-order valence-electron chi connectivity index (χ0n) is 8.99. The van der Waals surface area contributed by atoms with Crippen LogP contribution in [0.5, 0.6) is 0 Å². The first kappa shape index (κ1) is 12.0. The van der Waals surface area contributed by atoms with Crippen LogP contribution < -0.4 is 10.9 Å². The topological polar surface area (TPSA) is 74.2 Å². The third kappa shape index (κ3) is 3.98. The quantitative estimate of drug-likeness (QED) is 0.571. The number of rotatable bonds is 5. The number of carbonyl (C=O) groups excluding carboxylic acids is 1. The van der Waals surface area contributed by atoms with Crippen LogP contribution in [0.3, 0.4) is 0 Å². The van der Waals surface area contributed by atoms with E-state index in [1.807, 2.05) is 6.07 Å². The van der Waals surface area contributed by atoms with E-state index in [0.29, 0.717) is 12.2 Å². The van der Waals surface area contributed by atoms with Crippen LogP contribution >= 0.6 is 0 Å². The van der Waals surface area contributed by atoms with Crippen molar-refractivity contribution in [2.24, 2.45) is 0 Å². The van der Waals surface area contributed by atoms with Gasteiger partial charge in [0.05, 0.1) is 23.9 Å². The normalized spacial score (nSPS) is 9.25. The molecule has 0 aliphatic carbocycles. The second kappa shape index (κ2) is 6.43. The predicted octanol–water partition coefficient (Wildman–Crippen LogP) is 1.04. The summed E-state index contributed by atoms with van der Waals surface area (Å²) < 4.78 is 4.73. The van der Waals surface area contributed by atoms with Gasteiger partial charge in [-0.15, -0.1) is 0 Å². The number of hydrogen-bond acceptors (Lipinski definition) is 5. The van der Waals surface area contributed by atoms with Crippen molar-refractivity contribution in [2.75, 3.05) is 18.6 Å². The second-order valence-electron chi connectivity index (χ2n) is 2.98. The molecular formula is C11H13N3O2. The molecule has 0 aliphatic heterocycles. The molecule has 84 valence electrons. The highest BCUT2D eigenvalue weighted by molar-refractivity contribution is 5.71. The maximum absolute atomic E-state index is 11.0. The van der Waals surface area contributed by atoms with Gasteiger partial charge in [0.15, 0.2) is 0 Å². The Bertz CT molecular complexity index is 398. The maximum Gasteiger partial charge on any atom is 0.321 e. The van der Waals surface area contributed by atoms with Crippen molar-refractivity contribution in [3.8, 4) is 6.07 Å². The van der Waals surface area contributed by atoms with Crippen LogP contribution in [-0.2, 0) is 9.53 Å². The highest BCUT2D eigenvalue weighted by Crippen LogP contribution is 2.07. The van der Waals surface area contributed by atoms with Gasteiger partial charge in [0.25, 0.3) is 0 Å². The van der Waals surface area contributed by atoms with E-state index in [2.05, 4.69) is 10.9 Å². The van der Waals surface area contributed by atoms with Gasteiger partial charge < -0.3 is 10.2 Å². The molecule has 5 nitrogen and oxygen atoms in total. The van der Waals surface area contributed by atoms with E-state index in [4.69, 9.17) is 10.00 Å². The highest BCUT2D eigenvalue weighted by atomic mass is 16.5. The molecule has 0 unspecified atom stereocenters. The number of hydrogen-bond donors (Lipinski definition) is 2. The van der Waals surface area contributed by atoms with Crippen LogP contribution in [0.4, 0.5) is 5.69 Å². The van der Waals surface area contributed by atoms with Crippen molar-refractivity contribution in [1.82, 2.24) is 5.43 Å². The van der Waals surface area contributed by atoms with Crippen LogP contribution in [0.25, 0.3) is 0 Å². The Hall–Kier alpha value is -2.06. The standard InChI is InChI=1S/C11H13N3O2/c1-2-16-11(15)8-13-14-10-5-3-4-9(6-10)7-12/h3-6,13-14H,2,8H2,1H3. The highest BCUT2D eigenvalue weighted by Gasteiger charge is 1.99. The van der Waals surface area contributed by atoms with E-state index >= 15 is 0 Å². The largest absolute Gasteiger partial charge is 0.465 e. The van der Waals surface area contributed by atoms with Gasteiger partial charge in [-0.3, -0.25) is 4.79 Å². The Morgan fingerprint density at radius 2 is 2.38 bits per heavy atom. The van der Waals surface area contributed by atoms with Gasteiger partial charge in [0.2, 0.25) is 0 Å². The molecule has 0 saturated heterocycles. The zero-order valence-corrected chi connectivity index (χ0v) is 8.99. The molecule has 0 atom stereocenters. The SMILES string of the molecule is CCOC(=O)CNNc1cccc(C#N)c1. The summed E-state index contributed by atoms with van der Waals surface area (Å²) in [5.74, 6) is -0.327. The number of ether oxygens (including phenoxy) is 1. The summed E-state index contributed by atoms with van der Waals surface area (Å²) in [5.41, 5.74) is 6.79. The van der Waals surface area contributed by atoms with Gasteiger partial charge in [-0.05, 0) is 25.1 Å². The number of nitrogens with one attached hydrogen (secondary N) is 2. The second-order valence-corrected chi connectivity index (χ2v) is 2.98. The van der Waals surface area contributed by atoms with Crippen LogP contribution in [0.2, 0.25) is 0 Å². The average Bonchev–Trinajstić information content (AvgIpc) is 2.30. The minimum absolute atomic E-state index is 0.0740. The van der Waals surface area contributed by atoms with Gasteiger partial charge >= 0.3 is 5.97 Å². The van der Waals surface area contributed by atoms with Gasteiger partial charge in [-0.1, -0.05) is 6.07 Å². The fourth-order valence-corrected chi connectivity index (χ4v) is 1.10. The molecule has 0 fully saturated rings. The molecule has 0 aliphatic rings. The van der Waals surface area contributed by atoms with Crippen LogP contribution in [0.15, 0.2) is 24.3 Å². The van der Waals surface area contributed by atoms with Crippen LogP contribution in [0, 0.1) is 11.3 Å². The molecule has 5 heteroatoms. The molecule has 0 heterocycles. The smallest absolute Gasteiger partial charge is 0.321 e. The average molecular weight is 219 g/mol. The summed E-state index contributed by atoms with van der Waals surface area (Å²) in [6.07, 6.45) is 0. The molecular weight excluding hydrogens is 206 g/mol. The van der Waals surface area contributed by atoms with Crippen molar-refractivity contribution in [3.63, 3.8) is 0 Å². The van der Waals surface area contributed by atoms with Crippen LogP contribution in [-0.4, -0.2) is 19.1 Å². The Balaban J connectivity index is 2.37. The number of nitriles is 1. The van der Waals surface area contributed by atoms with E-state index in [1.54, 1.807) is 31.2 Å². The van der Waals surface area contributed by atoms with Crippen molar-refractivity contribution in [3.05, 3.63) is 29.8 Å². The van der Waals surface area contributed by atoms with Gasteiger partial charge in [0, 0.05) is 0 Å². The number of esters is 1. The Kier molecular flexibility index (Phi) is 4.83. The molecule has 0 amide bonds. The number of carbonyl (C=O) groups is 1. The molecule has 1 aromatic rings. The number of hydrazine groups is 1. The summed E-state index contributed by atoms with van der Waals surface area (Å²) in [5, 5.41) is 8.67. The minimum Gasteiger partial charge on any atom is -0.465 e. The first-order valence-corrected chi connectivity index (χ1v) is 4.91. The first-order valence-electron chi connectivity index (χ1n) is 4.91. The lowest BCUT2D eigenvalue weighted by Gasteiger charge is -2.07. The summed E-state index contributed by atoms with van der Waals surface area (Å²) in [6, 6.07) is 8.96. The summed E-state index contributed by atoms with van der Waals surface area (Å²) in [6.45, 7) is 2.19. The number of anilines is 1. The molecule has 1 rings (SSSR count). The molecule has 0 radical (unpaired) electrons. The monoisotopic (exact) mass is 219 g/mol. The lowest BCUT2D eigenvalue weighted by molar-refractivity contribution is -0.141. The van der Waals surface area contributed by atoms with Crippen molar-refractivity contribution >= 4 is 11.7 Å². The molecule has 16 heavy (non-hydrogen) atoms. The molecule has 2 N–H and O–H groups in total. The number of nitrogens with zero attached hydrogens (tertiary/aromatic N) is 1. The van der Waals surface area contributed by atoms with E-state index < -0.39 is 0 Å². The predicted molar refractivity (Wildman–Crippen MR) is 59.4 cm³/mol. The van der Waals surface area contributed by atoms with E-state index in [0.717, 1.165) is 5.69 Å². The van der Waals surface area contributed by atoms with E-state index in [1.165, 1.54) is 0 Å². The third-order valence-electron chi connectivity index (χ3n) is 1.76. The summed E-state index contributed by atoms with van der Waals surface area (Å²) >= 11 is 0. The molecule has 0 saturated carbocycles. The number of benzene rings is 1. The van der Waals surface area contributed by atoms with E-state index in [-0.39, 0.29) is 12.5 Å². The van der Waals surface area contributed by atoms with Gasteiger partial charge in [0.1, 0.15) is 6.54 Å². The van der Waals surface area contributed by atoms with E-state index in [9.17, 15) is 4.79 Å². The Morgan fingerprint density at radius 3 is 3.06 bits per heavy atom. The summed E-state index contributed by atoms with van der Waals surface area (Å²) in [7, 11) is 0. The molecule has 0 spiro atoms. The van der Waals surface area contributed by atoms with Crippen LogP contribution in [0.1, 0.15) is 12.5 Å².